The molecule has 20 heavy (non-hydrogen) atoms. The van der Waals surface area contributed by atoms with Crippen molar-refractivity contribution in [3.05, 3.63) is 18.2 Å². The van der Waals surface area contributed by atoms with Crippen LogP contribution < -0.4 is 5.32 Å². The lowest BCUT2D eigenvalue weighted by atomic mass is 9.99. The average molecular weight is 281 g/mol. The fourth-order valence-electron chi connectivity index (χ4n) is 2.62. The van der Waals surface area contributed by atoms with Crippen molar-refractivity contribution in [2.75, 3.05) is 20.3 Å². The number of methoxy groups -OCH3 is 1. The molecule has 1 rings (SSSR count). The smallest absolute Gasteiger partial charge is 0.110 e. The lowest BCUT2D eigenvalue weighted by molar-refractivity contribution is 0.149. The molecule has 4 nitrogen and oxygen atoms in total. The third-order valence-corrected chi connectivity index (χ3v) is 3.52. The highest BCUT2D eigenvalue weighted by molar-refractivity contribution is 4.96. The van der Waals surface area contributed by atoms with Crippen molar-refractivity contribution >= 4 is 0 Å². The van der Waals surface area contributed by atoms with Crippen LogP contribution in [-0.4, -0.2) is 35.9 Å². The molecule has 1 N–H and O–H groups in total. The van der Waals surface area contributed by atoms with Crippen molar-refractivity contribution in [1.29, 1.82) is 0 Å². The van der Waals surface area contributed by atoms with E-state index in [2.05, 4.69) is 41.8 Å². The predicted molar refractivity (Wildman–Crippen MR) is 84.0 cm³/mol. The number of hydrogen-bond donors (Lipinski definition) is 1. The molecule has 0 aromatic carbocycles. The molecule has 0 aliphatic heterocycles. The molecule has 1 heterocycles. The van der Waals surface area contributed by atoms with E-state index >= 15 is 0 Å². The van der Waals surface area contributed by atoms with Gasteiger partial charge in [0.25, 0.3) is 0 Å². The molecule has 0 radical (unpaired) electrons. The maximum absolute atomic E-state index is 5.26. The Morgan fingerprint density at radius 1 is 1.35 bits per heavy atom. The molecule has 2 atom stereocenters. The number of nitrogens with zero attached hydrogens (tertiary/aromatic N) is 2. The summed E-state index contributed by atoms with van der Waals surface area (Å²) in [7, 11) is 1.78. The summed E-state index contributed by atoms with van der Waals surface area (Å²) in [4.78, 5) is 4.53. The van der Waals surface area contributed by atoms with Crippen LogP contribution in [0.4, 0.5) is 0 Å². The highest BCUT2D eigenvalue weighted by Crippen LogP contribution is 2.12. The summed E-state index contributed by atoms with van der Waals surface area (Å²) in [5, 5.41) is 3.66. The van der Waals surface area contributed by atoms with E-state index in [1.807, 2.05) is 6.20 Å². The number of rotatable bonds is 11. The van der Waals surface area contributed by atoms with Crippen molar-refractivity contribution in [2.24, 2.45) is 5.92 Å². The second-order valence-corrected chi connectivity index (χ2v) is 5.69. The lowest BCUT2D eigenvalue weighted by Gasteiger charge is -2.22. The third-order valence-electron chi connectivity index (χ3n) is 3.52. The zero-order valence-electron chi connectivity index (χ0n) is 13.6. The van der Waals surface area contributed by atoms with Crippen LogP contribution in [0.5, 0.6) is 0 Å². The van der Waals surface area contributed by atoms with Gasteiger partial charge in [0, 0.05) is 45.1 Å². The first kappa shape index (κ1) is 17.2. The van der Waals surface area contributed by atoms with E-state index in [0.717, 1.165) is 39.0 Å². The normalized spacial score (nSPS) is 14.4. The molecule has 0 amide bonds. The molecule has 0 aliphatic rings. The maximum atomic E-state index is 5.26. The van der Waals surface area contributed by atoms with E-state index in [4.69, 9.17) is 4.74 Å². The van der Waals surface area contributed by atoms with Gasteiger partial charge in [-0.1, -0.05) is 20.8 Å². The van der Waals surface area contributed by atoms with Crippen LogP contribution in [0.1, 0.15) is 45.9 Å². The van der Waals surface area contributed by atoms with Gasteiger partial charge in [0.1, 0.15) is 5.82 Å². The van der Waals surface area contributed by atoms with Crippen LogP contribution in [-0.2, 0) is 17.7 Å². The largest absolute Gasteiger partial charge is 0.384 e. The fraction of sp³-hybridized carbons (Fsp3) is 0.812. The van der Waals surface area contributed by atoms with Gasteiger partial charge >= 0.3 is 0 Å². The second kappa shape index (κ2) is 9.94. The van der Waals surface area contributed by atoms with Crippen molar-refractivity contribution in [1.82, 2.24) is 14.9 Å². The molecular weight excluding hydrogens is 250 g/mol. The summed E-state index contributed by atoms with van der Waals surface area (Å²) >= 11 is 0. The Kier molecular flexibility index (Phi) is 8.54. The van der Waals surface area contributed by atoms with Crippen molar-refractivity contribution in [2.45, 2.75) is 59.0 Å². The lowest BCUT2D eigenvalue weighted by Crippen LogP contribution is -2.35. The number of imidazole rings is 1. The van der Waals surface area contributed by atoms with Crippen LogP contribution in [0, 0.1) is 5.92 Å². The number of ether oxygens (including phenoxy) is 1. The van der Waals surface area contributed by atoms with Gasteiger partial charge in [-0.2, -0.15) is 0 Å². The monoisotopic (exact) mass is 281 g/mol. The molecule has 0 bridgehead atoms. The van der Waals surface area contributed by atoms with Crippen LogP contribution in [0.25, 0.3) is 0 Å². The Labute approximate surface area is 123 Å². The van der Waals surface area contributed by atoms with Gasteiger partial charge in [0.15, 0.2) is 0 Å². The number of hydrogen-bond acceptors (Lipinski definition) is 3. The Hall–Kier alpha value is -0.870. The second-order valence-electron chi connectivity index (χ2n) is 5.69. The minimum Gasteiger partial charge on any atom is -0.384 e. The van der Waals surface area contributed by atoms with Crippen LogP contribution >= 0.6 is 0 Å². The van der Waals surface area contributed by atoms with Crippen LogP contribution in [0.15, 0.2) is 12.4 Å². The van der Waals surface area contributed by atoms with Crippen molar-refractivity contribution < 1.29 is 4.74 Å². The summed E-state index contributed by atoms with van der Waals surface area (Å²) in [6, 6.07) is 0.484. The summed E-state index contributed by atoms with van der Waals surface area (Å²) in [6.45, 7) is 9.62. The minimum atomic E-state index is 0.484. The molecule has 0 spiro atoms. The Morgan fingerprint density at radius 2 is 2.15 bits per heavy atom. The Balaban J connectivity index is 2.60. The molecule has 2 unspecified atom stereocenters. The first-order valence-corrected chi connectivity index (χ1v) is 7.93. The van der Waals surface area contributed by atoms with E-state index < -0.39 is 0 Å². The standard InChI is InChI=1S/C16H31N3O/c1-5-7-17-15(11-14(3)13-20-4)12-16-18-8-10-19(16)9-6-2/h8,10,14-15,17H,5-7,9,11-13H2,1-4H3. The van der Waals surface area contributed by atoms with E-state index in [9.17, 15) is 0 Å². The van der Waals surface area contributed by atoms with Gasteiger partial charge in [-0.05, 0) is 31.7 Å². The zero-order chi connectivity index (χ0) is 14.8. The average Bonchev–Trinajstić information content (AvgIpc) is 2.84. The first-order valence-electron chi connectivity index (χ1n) is 7.93. The van der Waals surface area contributed by atoms with Gasteiger partial charge in [0.05, 0.1) is 0 Å². The van der Waals surface area contributed by atoms with Crippen molar-refractivity contribution in [3.8, 4) is 0 Å². The van der Waals surface area contributed by atoms with Gasteiger partial charge < -0.3 is 14.6 Å². The van der Waals surface area contributed by atoms with Crippen LogP contribution in [0.2, 0.25) is 0 Å². The van der Waals surface area contributed by atoms with E-state index in [1.54, 1.807) is 7.11 Å². The molecule has 0 aliphatic carbocycles. The van der Waals surface area contributed by atoms with Gasteiger partial charge in [-0.3, -0.25) is 0 Å². The summed E-state index contributed by atoms with van der Waals surface area (Å²) < 4.78 is 7.54. The summed E-state index contributed by atoms with van der Waals surface area (Å²) in [5.74, 6) is 1.77. The van der Waals surface area contributed by atoms with E-state index in [-0.39, 0.29) is 0 Å². The topological polar surface area (TPSA) is 39.1 Å². The Morgan fingerprint density at radius 3 is 2.80 bits per heavy atom. The first-order chi connectivity index (χ1) is 9.71. The third kappa shape index (κ3) is 6.06. The molecule has 4 heteroatoms. The SMILES string of the molecule is CCCNC(Cc1nccn1CCC)CC(C)COC. The van der Waals surface area contributed by atoms with Gasteiger partial charge in [-0.15, -0.1) is 0 Å². The fourth-order valence-corrected chi connectivity index (χ4v) is 2.62. The predicted octanol–water partition coefficient (Wildman–Crippen LogP) is 2.88. The molecule has 1 aromatic rings. The van der Waals surface area contributed by atoms with E-state index in [0.29, 0.717) is 12.0 Å². The molecule has 0 saturated carbocycles. The summed E-state index contributed by atoms with van der Waals surface area (Å²) in [5.41, 5.74) is 0. The number of aryl methyl sites for hydroxylation is 1. The van der Waals surface area contributed by atoms with Crippen LogP contribution in [0.3, 0.4) is 0 Å². The highest BCUT2D eigenvalue weighted by Gasteiger charge is 2.15. The van der Waals surface area contributed by atoms with Gasteiger partial charge in [-0.25, -0.2) is 4.98 Å². The minimum absolute atomic E-state index is 0.484. The number of nitrogens with one attached hydrogen (secondary N) is 1. The molecule has 0 fully saturated rings. The molecule has 1 aromatic heterocycles. The molecular formula is C16H31N3O. The molecule has 0 saturated heterocycles. The molecule has 116 valence electrons. The Bertz CT molecular complexity index is 351. The number of aromatic nitrogens is 2. The zero-order valence-corrected chi connectivity index (χ0v) is 13.6. The quantitative estimate of drug-likeness (QED) is 0.678. The summed E-state index contributed by atoms with van der Waals surface area (Å²) in [6.07, 6.45) is 8.46. The highest BCUT2D eigenvalue weighted by atomic mass is 16.5. The van der Waals surface area contributed by atoms with E-state index in [1.165, 1.54) is 12.2 Å². The van der Waals surface area contributed by atoms with Crippen molar-refractivity contribution in [3.63, 3.8) is 0 Å². The van der Waals surface area contributed by atoms with Gasteiger partial charge in [0.2, 0.25) is 0 Å². The maximum Gasteiger partial charge on any atom is 0.110 e.